The predicted octanol–water partition coefficient (Wildman–Crippen LogP) is 1.83. The number of hydrogen-bond donors (Lipinski definition) is 2. The van der Waals surface area contributed by atoms with Gasteiger partial charge in [-0.05, 0) is 31.2 Å². The average molecular weight is 397 g/mol. The number of Topliss-reactive ketones (excluding diaryl/α,β-unsaturated/α-hetero) is 1. The van der Waals surface area contributed by atoms with Crippen molar-refractivity contribution in [2.45, 2.75) is 12.6 Å². The van der Waals surface area contributed by atoms with Crippen LogP contribution in [0.4, 0.5) is 5.69 Å². The minimum atomic E-state index is -2.84. The van der Waals surface area contributed by atoms with Crippen LogP contribution in [0, 0.1) is 0 Å². The van der Waals surface area contributed by atoms with E-state index in [4.69, 9.17) is 4.74 Å². The van der Waals surface area contributed by atoms with Crippen LogP contribution in [-0.2, 0) is 19.1 Å². The van der Waals surface area contributed by atoms with E-state index in [0.29, 0.717) is 17.3 Å². The number of carbonyl (C=O) groups excluding carboxylic acids is 3. The Balaban J connectivity index is 2.20. The first-order chi connectivity index (χ1) is 13.9. The maximum absolute atomic E-state index is 12.7. The second-order valence-corrected chi connectivity index (χ2v) is 6.15. The van der Waals surface area contributed by atoms with Gasteiger partial charge in [-0.3, -0.25) is 14.5 Å². The zero-order valence-corrected chi connectivity index (χ0v) is 15.8. The molecule has 0 aliphatic carbocycles. The molecule has 150 valence electrons. The summed E-state index contributed by atoms with van der Waals surface area (Å²) in [5, 5.41) is 21.9. The molecule has 0 spiro atoms. The van der Waals surface area contributed by atoms with E-state index in [9.17, 15) is 24.6 Å². The van der Waals surface area contributed by atoms with Crippen LogP contribution in [-0.4, -0.2) is 47.3 Å². The number of ether oxygens (including phenoxy) is 2. The van der Waals surface area contributed by atoms with Gasteiger partial charge in [0.25, 0.3) is 11.5 Å². The molecule has 1 amide bonds. The molecule has 2 aromatic carbocycles. The van der Waals surface area contributed by atoms with E-state index in [0.717, 1.165) is 7.11 Å². The molecule has 1 fully saturated rings. The van der Waals surface area contributed by atoms with Crippen molar-refractivity contribution in [2.24, 2.45) is 0 Å². The van der Waals surface area contributed by atoms with Gasteiger partial charge in [0.15, 0.2) is 0 Å². The minimum absolute atomic E-state index is 0.0514. The summed E-state index contributed by atoms with van der Waals surface area (Å²) >= 11 is 0. The van der Waals surface area contributed by atoms with Crippen molar-refractivity contribution in [1.29, 1.82) is 0 Å². The van der Waals surface area contributed by atoms with Crippen molar-refractivity contribution < 1.29 is 34.1 Å². The molecule has 2 aromatic rings. The van der Waals surface area contributed by atoms with Crippen LogP contribution in [0.5, 0.6) is 5.75 Å². The molecule has 2 N–H and O–H groups in total. The van der Waals surface area contributed by atoms with Crippen LogP contribution in [0.15, 0.2) is 60.2 Å². The minimum Gasteiger partial charge on any atom is -0.507 e. The maximum atomic E-state index is 12.7. The standard InChI is InChI=1S/C21H19NO7/c1-3-29-15-11-9-14(10-12-15)22-19(25)18(24)16(21(22,27)20(26)28-2)17(23)13-7-5-4-6-8-13/h4-12,23,27H,3H2,1-2H3/t21-/m1/s1. The molecule has 0 bridgehead atoms. The lowest BCUT2D eigenvalue weighted by molar-refractivity contribution is -0.158. The quantitative estimate of drug-likeness (QED) is 0.342. The Hall–Kier alpha value is -3.65. The highest BCUT2D eigenvalue weighted by Crippen LogP contribution is 2.40. The predicted molar refractivity (Wildman–Crippen MR) is 103 cm³/mol. The SMILES string of the molecule is CCOc1ccc(N2C(=O)C(=O)C(=C(O)c3ccccc3)[C@@]2(O)C(=O)OC)cc1. The van der Waals surface area contributed by atoms with Gasteiger partial charge in [-0.25, -0.2) is 4.79 Å². The normalized spacial score (nSPS) is 20.6. The second-order valence-electron chi connectivity index (χ2n) is 6.15. The molecule has 0 saturated carbocycles. The number of benzene rings is 2. The average Bonchev–Trinajstić information content (AvgIpc) is 2.95. The molecule has 29 heavy (non-hydrogen) atoms. The highest BCUT2D eigenvalue weighted by atomic mass is 16.5. The Morgan fingerprint density at radius 1 is 1.07 bits per heavy atom. The molecular weight excluding hydrogens is 378 g/mol. The van der Waals surface area contributed by atoms with Crippen LogP contribution >= 0.6 is 0 Å². The summed E-state index contributed by atoms with van der Waals surface area (Å²) in [5.41, 5.74) is -3.40. The number of esters is 1. The van der Waals surface area contributed by atoms with Crippen LogP contribution in [0.1, 0.15) is 12.5 Å². The van der Waals surface area contributed by atoms with Gasteiger partial charge in [0.05, 0.1) is 13.7 Å². The number of anilines is 1. The van der Waals surface area contributed by atoms with Crippen molar-refractivity contribution in [3.63, 3.8) is 0 Å². The molecule has 0 unspecified atom stereocenters. The fourth-order valence-electron chi connectivity index (χ4n) is 3.14. The fraction of sp³-hybridized carbons (Fsp3) is 0.190. The third-order valence-corrected chi connectivity index (χ3v) is 4.46. The van der Waals surface area contributed by atoms with E-state index in [-0.39, 0.29) is 11.3 Å². The van der Waals surface area contributed by atoms with E-state index < -0.39 is 34.7 Å². The summed E-state index contributed by atoms with van der Waals surface area (Å²) in [6, 6.07) is 13.7. The monoisotopic (exact) mass is 397 g/mol. The van der Waals surface area contributed by atoms with Crippen molar-refractivity contribution in [2.75, 3.05) is 18.6 Å². The summed E-state index contributed by atoms with van der Waals surface area (Å²) in [6.07, 6.45) is 0. The summed E-state index contributed by atoms with van der Waals surface area (Å²) in [7, 11) is 1.00. The maximum Gasteiger partial charge on any atom is 0.365 e. The third-order valence-electron chi connectivity index (χ3n) is 4.46. The van der Waals surface area contributed by atoms with Crippen molar-refractivity contribution in [1.82, 2.24) is 0 Å². The molecule has 1 aliphatic heterocycles. The van der Waals surface area contributed by atoms with Crippen molar-refractivity contribution in [3.8, 4) is 5.75 Å². The highest BCUT2D eigenvalue weighted by Gasteiger charge is 2.62. The number of aliphatic hydroxyl groups is 2. The molecule has 8 nitrogen and oxygen atoms in total. The number of carbonyl (C=O) groups is 3. The van der Waals surface area contributed by atoms with Gasteiger partial charge in [-0.2, -0.15) is 0 Å². The van der Waals surface area contributed by atoms with Gasteiger partial charge in [-0.15, -0.1) is 0 Å². The van der Waals surface area contributed by atoms with E-state index in [1.54, 1.807) is 25.1 Å². The Morgan fingerprint density at radius 3 is 2.24 bits per heavy atom. The highest BCUT2D eigenvalue weighted by molar-refractivity contribution is 6.54. The number of rotatable bonds is 5. The molecule has 3 rings (SSSR count). The first-order valence-electron chi connectivity index (χ1n) is 8.77. The van der Waals surface area contributed by atoms with E-state index in [1.165, 1.54) is 36.4 Å². The first kappa shape index (κ1) is 20.1. The van der Waals surface area contributed by atoms with E-state index in [2.05, 4.69) is 4.74 Å². The van der Waals surface area contributed by atoms with Gasteiger partial charge >= 0.3 is 11.9 Å². The van der Waals surface area contributed by atoms with Crippen LogP contribution < -0.4 is 9.64 Å². The molecule has 8 heteroatoms. The zero-order chi connectivity index (χ0) is 21.2. The van der Waals surface area contributed by atoms with Crippen molar-refractivity contribution >= 4 is 29.1 Å². The first-order valence-corrected chi connectivity index (χ1v) is 8.77. The summed E-state index contributed by atoms with van der Waals surface area (Å²) in [6.45, 7) is 2.22. The lowest BCUT2D eigenvalue weighted by Gasteiger charge is -2.31. The Morgan fingerprint density at radius 2 is 1.69 bits per heavy atom. The Kier molecular flexibility index (Phi) is 5.38. The van der Waals surface area contributed by atoms with Gasteiger partial charge < -0.3 is 19.7 Å². The lowest BCUT2D eigenvalue weighted by Crippen LogP contribution is -2.54. The van der Waals surface area contributed by atoms with Crippen LogP contribution in [0.25, 0.3) is 5.76 Å². The third kappa shape index (κ3) is 3.23. The number of aliphatic hydroxyl groups excluding tert-OH is 1. The molecule has 1 heterocycles. The fourth-order valence-corrected chi connectivity index (χ4v) is 3.14. The largest absolute Gasteiger partial charge is 0.507 e. The number of nitrogens with zero attached hydrogens (tertiary/aromatic N) is 1. The van der Waals surface area contributed by atoms with Gasteiger partial charge in [0.1, 0.15) is 17.1 Å². The number of ketones is 1. The lowest BCUT2D eigenvalue weighted by atomic mass is 9.97. The molecule has 1 aliphatic rings. The molecule has 0 radical (unpaired) electrons. The van der Waals surface area contributed by atoms with Crippen LogP contribution in [0.2, 0.25) is 0 Å². The van der Waals surface area contributed by atoms with Gasteiger partial charge in [-0.1, -0.05) is 30.3 Å². The summed E-state index contributed by atoms with van der Waals surface area (Å²) in [4.78, 5) is 38.6. The van der Waals surface area contributed by atoms with Crippen LogP contribution in [0.3, 0.4) is 0 Å². The van der Waals surface area contributed by atoms with Crippen molar-refractivity contribution in [3.05, 3.63) is 65.7 Å². The smallest absolute Gasteiger partial charge is 0.365 e. The van der Waals surface area contributed by atoms with Gasteiger partial charge in [0.2, 0.25) is 0 Å². The summed E-state index contributed by atoms with van der Waals surface area (Å²) < 4.78 is 9.99. The number of methoxy groups -OCH3 is 1. The zero-order valence-electron chi connectivity index (χ0n) is 15.8. The molecule has 1 saturated heterocycles. The molecular formula is C21H19NO7. The second kappa shape index (κ2) is 7.76. The molecule has 1 atom stereocenters. The summed E-state index contributed by atoms with van der Waals surface area (Å²) in [5.74, 6) is -3.88. The van der Waals surface area contributed by atoms with Gasteiger partial charge in [0, 0.05) is 11.3 Å². The number of amides is 1. The molecule has 0 aromatic heterocycles. The Labute approximate surface area is 166 Å². The Bertz CT molecular complexity index is 982. The van der Waals surface area contributed by atoms with E-state index >= 15 is 0 Å². The number of hydrogen-bond acceptors (Lipinski definition) is 7. The van der Waals surface area contributed by atoms with E-state index in [1.807, 2.05) is 0 Å². The topological polar surface area (TPSA) is 113 Å².